The molecule has 1 aromatic heterocycles. The number of nitrogens with zero attached hydrogens (tertiary/aromatic N) is 3. The number of hydrogen-bond acceptors (Lipinski definition) is 4. The summed E-state index contributed by atoms with van der Waals surface area (Å²) in [7, 11) is 0. The molecule has 1 atom stereocenters. The Morgan fingerprint density at radius 1 is 1.14 bits per heavy atom. The molecule has 7 heteroatoms. The number of hydrogen-bond donors (Lipinski definition) is 1. The van der Waals surface area contributed by atoms with Gasteiger partial charge in [0.1, 0.15) is 5.69 Å². The average Bonchev–Trinajstić information content (AvgIpc) is 3.25. The standard InChI is InChI=1S/C22H30N4O2.ClH/c27-22(21-10-15-26(24-21)19-7-4-12-23-17-19)25-13-8-20(9-14-25)28-16-11-18-5-2-1-3-6-18;/h1-3,5-6,10,15,19-20,23H,4,7-9,11-14,16-17H2;1H. The van der Waals surface area contributed by atoms with Crippen molar-refractivity contribution in [2.45, 2.75) is 44.2 Å². The Bertz CT molecular complexity index is 753. The number of ether oxygens (including phenoxy) is 1. The van der Waals surface area contributed by atoms with E-state index in [0.29, 0.717) is 11.7 Å². The van der Waals surface area contributed by atoms with Crippen molar-refractivity contribution in [1.82, 2.24) is 20.0 Å². The van der Waals surface area contributed by atoms with Crippen LogP contribution >= 0.6 is 12.4 Å². The first-order valence-electron chi connectivity index (χ1n) is 10.5. The summed E-state index contributed by atoms with van der Waals surface area (Å²) in [6.07, 6.45) is 7.21. The van der Waals surface area contributed by atoms with Crippen LogP contribution in [-0.2, 0) is 11.2 Å². The van der Waals surface area contributed by atoms with Gasteiger partial charge in [0.25, 0.3) is 5.91 Å². The van der Waals surface area contributed by atoms with Gasteiger partial charge < -0.3 is 15.0 Å². The normalized spacial score (nSPS) is 20.3. The highest BCUT2D eigenvalue weighted by Crippen LogP contribution is 2.19. The maximum absolute atomic E-state index is 12.8. The van der Waals surface area contributed by atoms with Crippen LogP contribution in [0.3, 0.4) is 0 Å². The Morgan fingerprint density at radius 2 is 1.93 bits per heavy atom. The molecule has 0 saturated carbocycles. The number of halogens is 1. The number of aromatic nitrogens is 2. The lowest BCUT2D eigenvalue weighted by atomic mass is 10.1. The van der Waals surface area contributed by atoms with Gasteiger partial charge in [0.15, 0.2) is 0 Å². The molecule has 6 nitrogen and oxygen atoms in total. The Kier molecular flexibility index (Phi) is 8.09. The highest BCUT2D eigenvalue weighted by molar-refractivity contribution is 5.92. The number of carbonyl (C=O) groups excluding carboxylic acids is 1. The molecule has 3 heterocycles. The third-order valence-electron chi connectivity index (χ3n) is 5.79. The second-order valence-corrected chi connectivity index (χ2v) is 7.78. The Balaban J connectivity index is 0.00000240. The number of piperidine rings is 2. The minimum Gasteiger partial charge on any atom is -0.378 e. The molecule has 1 aromatic carbocycles. The molecule has 0 radical (unpaired) electrons. The van der Waals surface area contributed by atoms with Crippen molar-refractivity contribution in [3.8, 4) is 0 Å². The van der Waals surface area contributed by atoms with Crippen LogP contribution in [0.15, 0.2) is 42.6 Å². The molecular weight excluding hydrogens is 388 g/mol. The maximum Gasteiger partial charge on any atom is 0.274 e. The fourth-order valence-corrected chi connectivity index (χ4v) is 4.09. The number of benzene rings is 1. The van der Waals surface area contributed by atoms with E-state index in [-0.39, 0.29) is 24.4 Å². The van der Waals surface area contributed by atoms with Crippen molar-refractivity contribution in [2.75, 3.05) is 32.8 Å². The van der Waals surface area contributed by atoms with Gasteiger partial charge in [0.05, 0.1) is 18.8 Å². The van der Waals surface area contributed by atoms with Gasteiger partial charge in [-0.1, -0.05) is 30.3 Å². The Morgan fingerprint density at radius 3 is 2.66 bits per heavy atom. The molecule has 0 spiro atoms. The van der Waals surface area contributed by atoms with E-state index >= 15 is 0 Å². The second kappa shape index (κ2) is 10.8. The summed E-state index contributed by atoms with van der Waals surface area (Å²) in [5.74, 6) is 0.0465. The van der Waals surface area contributed by atoms with Crippen LogP contribution in [0.1, 0.15) is 47.8 Å². The zero-order valence-corrected chi connectivity index (χ0v) is 17.7. The number of likely N-dealkylation sites (tertiary alicyclic amines) is 1. The van der Waals surface area contributed by atoms with Crippen molar-refractivity contribution in [3.63, 3.8) is 0 Å². The van der Waals surface area contributed by atoms with Crippen molar-refractivity contribution in [1.29, 1.82) is 0 Å². The quantitative estimate of drug-likeness (QED) is 0.783. The summed E-state index contributed by atoms with van der Waals surface area (Å²) < 4.78 is 8.00. The molecule has 0 aliphatic carbocycles. The van der Waals surface area contributed by atoms with Gasteiger partial charge in [-0.25, -0.2) is 0 Å². The van der Waals surface area contributed by atoms with Gasteiger partial charge in [-0.05, 0) is 50.3 Å². The lowest BCUT2D eigenvalue weighted by Crippen LogP contribution is -2.41. The zero-order valence-electron chi connectivity index (χ0n) is 16.8. The van der Waals surface area contributed by atoms with E-state index in [2.05, 4.69) is 34.7 Å². The highest BCUT2D eigenvalue weighted by atomic mass is 35.5. The van der Waals surface area contributed by atoms with E-state index in [9.17, 15) is 4.79 Å². The van der Waals surface area contributed by atoms with Gasteiger partial charge in [-0.2, -0.15) is 5.10 Å². The van der Waals surface area contributed by atoms with E-state index in [1.54, 1.807) is 0 Å². The number of nitrogens with one attached hydrogen (secondary N) is 1. The van der Waals surface area contributed by atoms with Crippen molar-refractivity contribution >= 4 is 18.3 Å². The predicted molar refractivity (Wildman–Crippen MR) is 116 cm³/mol. The molecule has 29 heavy (non-hydrogen) atoms. The fraction of sp³-hybridized carbons (Fsp3) is 0.545. The van der Waals surface area contributed by atoms with E-state index < -0.39 is 0 Å². The van der Waals surface area contributed by atoms with E-state index in [4.69, 9.17) is 4.74 Å². The predicted octanol–water partition coefficient (Wildman–Crippen LogP) is 3.09. The molecule has 1 unspecified atom stereocenters. The minimum atomic E-state index is 0. The molecule has 2 aromatic rings. The molecule has 2 saturated heterocycles. The number of rotatable bonds is 6. The molecule has 1 amide bonds. The molecule has 2 aliphatic rings. The second-order valence-electron chi connectivity index (χ2n) is 7.78. The molecule has 2 fully saturated rings. The van der Waals surface area contributed by atoms with Crippen LogP contribution in [0, 0.1) is 0 Å². The SMILES string of the molecule is Cl.O=C(c1ccn(C2CCCNC2)n1)N1CCC(OCCc2ccccc2)CC1. The van der Waals surface area contributed by atoms with Crippen LogP contribution in [0.2, 0.25) is 0 Å². The molecular formula is C22H31ClN4O2. The van der Waals surface area contributed by atoms with Crippen LogP contribution < -0.4 is 5.32 Å². The average molecular weight is 419 g/mol. The topological polar surface area (TPSA) is 59.4 Å². The van der Waals surface area contributed by atoms with Crippen LogP contribution in [0.5, 0.6) is 0 Å². The van der Waals surface area contributed by atoms with Gasteiger partial charge in [-0.3, -0.25) is 9.48 Å². The smallest absolute Gasteiger partial charge is 0.274 e. The largest absolute Gasteiger partial charge is 0.378 e. The van der Waals surface area contributed by atoms with E-state index in [0.717, 1.165) is 64.9 Å². The lowest BCUT2D eigenvalue weighted by Gasteiger charge is -2.31. The van der Waals surface area contributed by atoms with Crippen LogP contribution in [0.4, 0.5) is 0 Å². The summed E-state index contributed by atoms with van der Waals surface area (Å²) >= 11 is 0. The molecule has 4 rings (SSSR count). The maximum atomic E-state index is 12.8. The third kappa shape index (κ3) is 5.81. The van der Waals surface area contributed by atoms with Gasteiger partial charge in [-0.15, -0.1) is 12.4 Å². The van der Waals surface area contributed by atoms with Crippen LogP contribution in [-0.4, -0.2) is 59.5 Å². The number of carbonyl (C=O) groups is 1. The number of amides is 1. The van der Waals surface area contributed by atoms with Crippen molar-refractivity contribution in [3.05, 3.63) is 53.9 Å². The summed E-state index contributed by atoms with van der Waals surface area (Å²) in [6.45, 7) is 4.23. The molecule has 1 N–H and O–H groups in total. The minimum absolute atomic E-state index is 0. The van der Waals surface area contributed by atoms with Gasteiger partial charge in [0, 0.05) is 25.8 Å². The Labute approximate surface area is 179 Å². The summed E-state index contributed by atoms with van der Waals surface area (Å²) in [4.78, 5) is 14.7. The zero-order chi connectivity index (χ0) is 19.2. The fourth-order valence-electron chi connectivity index (χ4n) is 4.09. The Hall–Kier alpha value is -1.89. The van der Waals surface area contributed by atoms with Gasteiger partial charge >= 0.3 is 0 Å². The molecule has 158 valence electrons. The first-order chi connectivity index (χ1) is 13.8. The summed E-state index contributed by atoms with van der Waals surface area (Å²) in [6, 6.07) is 12.6. The first-order valence-corrected chi connectivity index (χ1v) is 10.5. The van der Waals surface area contributed by atoms with E-state index in [1.165, 1.54) is 5.56 Å². The molecule has 2 aliphatic heterocycles. The van der Waals surface area contributed by atoms with E-state index in [1.807, 2.05) is 27.9 Å². The third-order valence-corrected chi connectivity index (χ3v) is 5.79. The van der Waals surface area contributed by atoms with Gasteiger partial charge in [0.2, 0.25) is 0 Å². The summed E-state index contributed by atoms with van der Waals surface area (Å²) in [5.41, 5.74) is 1.87. The van der Waals surface area contributed by atoms with Crippen LogP contribution in [0.25, 0.3) is 0 Å². The monoisotopic (exact) mass is 418 g/mol. The lowest BCUT2D eigenvalue weighted by molar-refractivity contribution is 0.00985. The molecule has 0 bridgehead atoms. The first kappa shape index (κ1) is 21.8. The van der Waals surface area contributed by atoms with Crippen molar-refractivity contribution in [2.24, 2.45) is 0 Å². The summed E-state index contributed by atoms with van der Waals surface area (Å²) in [5, 5.41) is 7.96. The van der Waals surface area contributed by atoms with Crippen molar-refractivity contribution < 1.29 is 9.53 Å². The highest BCUT2D eigenvalue weighted by Gasteiger charge is 2.26.